The lowest BCUT2D eigenvalue weighted by Crippen LogP contribution is -2.63. The van der Waals surface area contributed by atoms with Crippen molar-refractivity contribution in [1.82, 2.24) is 35.9 Å². The van der Waals surface area contributed by atoms with Crippen LogP contribution in [0.4, 0.5) is 18.0 Å². The Hall–Kier alpha value is -2.76. The maximum absolute atomic E-state index is 13.3. The number of aryl methyl sites for hydroxylation is 1. The number of aromatic nitrogens is 2. The van der Waals surface area contributed by atoms with Crippen LogP contribution in [0.2, 0.25) is 0 Å². The first-order valence-corrected chi connectivity index (χ1v) is 13.0. The van der Waals surface area contributed by atoms with Crippen LogP contribution >= 0.6 is 0 Å². The van der Waals surface area contributed by atoms with E-state index in [0.717, 1.165) is 29.8 Å². The first-order chi connectivity index (χ1) is 17.7. The molecule has 3 N–H and O–H groups in total. The number of nitrogens with one attached hydrogen (secondary N) is 3. The number of hydrogen-bond acceptors (Lipinski definition) is 6. The third-order valence-corrected chi connectivity index (χ3v) is 8.58. The Morgan fingerprint density at radius 2 is 1.73 bits per heavy atom. The number of rotatable bonds is 4. The molecule has 3 saturated heterocycles. The van der Waals surface area contributed by atoms with Gasteiger partial charge < -0.3 is 10.2 Å². The first-order valence-electron chi connectivity index (χ1n) is 13.0. The normalized spacial score (nSPS) is 34.2. The van der Waals surface area contributed by atoms with Crippen LogP contribution in [0.25, 0.3) is 0 Å². The van der Waals surface area contributed by atoms with Crippen molar-refractivity contribution in [3.8, 4) is 0 Å². The van der Waals surface area contributed by atoms with Gasteiger partial charge in [0.2, 0.25) is 0 Å². The maximum Gasteiger partial charge on any atom is 0.401 e. The van der Waals surface area contributed by atoms with Crippen LogP contribution in [-0.4, -0.2) is 76.3 Å². The number of likely N-dealkylation sites (tertiary alicyclic amines) is 1. The van der Waals surface area contributed by atoms with E-state index in [-0.39, 0.29) is 55.1 Å². The molecule has 0 spiro atoms. The Kier molecular flexibility index (Phi) is 6.32. The number of hydrogen-bond donors (Lipinski definition) is 3. The van der Waals surface area contributed by atoms with Crippen molar-refractivity contribution in [2.45, 2.75) is 56.0 Å². The molecule has 2 amide bonds. The van der Waals surface area contributed by atoms with Crippen LogP contribution in [-0.2, 0) is 0 Å². The molecule has 0 bridgehead atoms. The number of hydrazine groups is 1. The zero-order chi connectivity index (χ0) is 25.7. The fourth-order valence-electron chi connectivity index (χ4n) is 6.88. The zero-order valence-electron chi connectivity index (χ0n) is 20.7. The highest BCUT2D eigenvalue weighted by molar-refractivity contribution is 5.76. The van der Waals surface area contributed by atoms with Crippen molar-refractivity contribution < 1.29 is 18.0 Å². The lowest BCUT2D eigenvalue weighted by molar-refractivity contribution is -0.143. The SMILES string of the molecule is Cc1ncc(C2NNC3CC4NC(=O)N([C@@H]5CN(CC(F)(F)F)C[C@H]5c5ccccc5)CC4CC32)cn1. The molecule has 5 unspecified atom stereocenters. The Morgan fingerprint density at radius 3 is 2.46 bits per heavy atom. The Bertz CT molecular complexity index is 1120. The summed E-state index contributed by atoms with van der Waals surface area (Å²) in [4.78, 5) is 25.3. The molecule has 6 rings (SSSR count). The van der Waals surface area contributed by atoms with Gasteiger partial charge in [-0.3, -0.25) is 10.3 Å². The van der Waals surface area contributed by atoms with Crippen molar-refractivity contribution in [1.29, 1.82) is 0 Å². The highest BCUT2D eigenvalue weighted by Crippen LogP contribution is 2.43. The molecule has 2 aromatic rings. The van der Waals surface area contributed by atoms with Gasteiger partial charge in [-0.2, -0.15) is 13.2 Å². The number of nitrogens with zero attached hydrogens (tertiary/aromatic N) is 4. The topological polar surface area (TPSA) is 85.4 Å². The average molecular weight is 516 g/mol. The van der Waals surface area contributed by atoms with E-state index in [1.54, 1.807) is 0 Å². The number of urea groups is 1. The predicted octanol–water partition coefficient (Wildman–Crippen LogP) is 2.75. The Labute approximate surface area is 214 Å². The van der Waals surface area contributed by atoms with Gasteiger partial charge in [0, 0.05) is 55.6 Å². The van der Waals surface area contributed by atoms with Crippen LogP contribution in [0.1, 0.15) is 41.8 Å². The minimum atomic E-state index is -4.28. The molecule has 4 aliphatic rings. The van der Waals surface area contributed by atoms with Crippen LogP contribution < -0.4 is 16.2 Å². The number of halogens is 3. The van der Waals surface area contributed by atoms with E-state index in [9.17, 15) is 18.0 Å². The van der Waals surface area contributed by atoms with E-state index < -0.39 is 12.7 Å². The molecule has 1 saturated carbocycles. The van der Waals surface area contributed by atoms with E-state index in [2.05, 4.69) is 26.1 Å². The zero-order valence-corrected chi connectivity index (χ0v) is 20.7. The summed E-state index contributed by atoms with van der Waals surface area (Å²) in [7, 11) is 0. The largest absolute Gasteiger partial charge is 0.401 e. The number of fused-ring (bicyclic) bond motifs is 2. The second-order valence-electron chi connectivity index (χ2n) is 10.9. The van der Waals surface area contributed by atoms with Crippen molar-refractivity contribution in [3.63, 3.8) is 0 Å². The summed E-state index contributed by atoms with van der Waals surface area (Å²) in [6, 6.07) is 9.45. The number of carbonyl (C=O) groups is 1. The van der Waals surface area contributed by atoms with Crippen molar-refractivity contribution in [3.05, 3.63) is 59.7 Å². The lowest BCUT2D eigenvalue weighted by Gasteiger charge is -2.48. The summed E-state index contributed by atoms with van der Waals surface area (Å²) in [6.45, 7) is 1.93. The van der Waals surface area contributed by atoms with Gasteiger partial charge in [-0.15, -0.1) is 0 Å². The highest BCUT2D eigenvalue weighted by atomic mass is 19.4. The molecular formula is C26H32F3N7O. The fourth-order valence-corrected chi connectivity index (χ4v) is 6.88. The third kappa shape index (κ3) is 4.92. The summed E-state index contributed by atoms with van der Waals surface area (Å²) in [5.74, 6) is 1.07. The van der Waals surface area contributed by atoms with Gasteiger partial charge in [-0.25, -0.2) is 20.2 Å². The average Bonchev–Trinajstić information content (AvgIpc) is 3.46. The van der Waals surface area contributed by atoms with Crippen molar-refractivity contribution in [2.24, 2.45) is 11.8 Å². The molecule has 1 aromatic heterocycles. The summed E-state index contributed by atoms with van der Waals surface area (Å²) in [5.41, 5.74) is 8.82. The summed E-state index contributed by atoms with van der Waals surface area (Å²) >= 11 is 0. The quantitative estimate of drug-likeness (QED) is 0.581. The number of amides is 2. The van der Waals surface area contributed by atoms with E-state index in [1.165, 1.54) is 4.90 Å². The number of alkyl halides is 3. The van der Waals surface area contributed by atoms with E-state index >= 15 is 0 Å². The van der Waals surface area contributed by atoms with Crippen LogP contribution in [0.5, 0.6) is 0 Å². The molecule has 4 heterocycles. The van der Waals surface area contributed by atoms with Gasteiger partial charge in [0.1, 0.15) is 5.82 Å². The molecule has 198 valence electrons. The minimum Gasteiger partial charge on any atom is -0.335 e. The third-order valence-electron chi connectivity index (χ3n) is 8.58. The van der Waals surface area contributed by atoms with E-state index in [4.69, 9.17) is 0 Å². The molecule has 37 heavy (non-hydrogen) atoms. The second kappa shape index (κ2) is 9.52. The van der Waals surface area contributed by atoms with E-state index in [1.807, 2.05) is 54.5 Å². The van der Waals surface area contributed by atoms with Crippen LogP contribution in [0.3, 0.4) is 0 Å². The second-order valence-corrected chi connectivity index (χ2v) is 10.9. The monoisotopic (exact) mass is 515 g/mol. The molecule has 0 radical (unpaired) electrons. The van der Waals surface area contributed by atoms with Gasteiger partial charge in [0.05, 0.1) is 18.6 Å². The summed E-state index contributed by atoms with van der Waals surface area (Å²) in [5, 5.41) is 3.21. The van der Waals surface area contributed by atoms with Crippen LogP contribution in [0, 0.1) is 18.8 Å². The fraction of sp³-hybridized carbons (Fsp3) is 0.577. The Morgan fingerprint density at radius 1 is 0.973 bits per heavy atom. The van der Waals surface area contributed by atoms with Gasteiger partial charge in [0.15, 0.2) is 0 Å². The highest BCUT2D eigenvalue weighted by Gasteiger charge is 2.51. The molecule has 7 atom stereocenters. The number of carbonyl (C=O) groups excluding carboxylic acids is 1. The van der Waals surface area contributed by atoms with Gasteiger partial charge in [-0.1, -0.05) is 30.3 Å². The standard InChI is InChI=1S/C26H32F3N7O/c1-15-30-9-18(10-31-15)24-19-7-17-11-36(25(37)32-21(17)8-22(19)33-34-24)23-13-35(14-26(27,28)29)12-20(23)16-5-3-2-4-6-16/h2-6,9-10,17,19-24,33-34H,7-8,11-14H2,1H3,(H,32,37)/t17?,19?,20-,21?,22?,23+,24?/m0/s1. The van der Waals surface area contributed by atoms with Gasteiger partial charge in [0.25, 0.3) is 0 Å². The van der Waals surface area contributed by atoms with Gasteiger partial charge in [-0.05, 0) is 37.2 Å². The molecule has 1 aromatic carbocycles. The molecule has 3 aliphatic heterocycles. The molecular weight excluding hydrogens is 483 g/mol. The van der Waals surface area contributed by atoms with E-state index in [0.29, 0.717) is 12.5 Å². The van der Waals surface area contributed by atoms with Crippen LogP contribution in [0.15, 0.2) is 42.7 Å². The smallest absolute Gasteiger partial charge is 0.335 e. The molecule has 11 heteroatoms. The van der Waals surface area contributed by atoms with Crippen molar-refractivity contribution >= 4 is 6.03 Å². The molecule has 4 fully saturated rings. The summed E-state index contributed by atoms with van der Waals surface area (Å²) < 4.78 is 39.8. The van der Waals surface area contributed by atoms with Crippen molar-refractivity contribution in [2.75, 3.05) is 26.2 Å². The van der Waals surface area contributed by atoms with Gasteiger partial charge >= 0.3 is 12.2 Å². The minimum absolute atomic E-state index is 0.0372. The first kappa shape index (κ1) is 24.6. The Balaban J connectivity index is 1.22. The maximum atomic E-state index is 13.3. The number of benzene rings is 1. The molecule has 8 nitrogen and oxygen atoms in total. The predicted molar refractivity (Wildman–Crippen MR) is 130 cm³/mol. The summed E-state index contributed by atoms with van der Waals surface area (Å²) in [6.07, 6.45) is 1.14. The molecule has 1 aliphatic carbocycles. The lowest BCUT2D eigenvalue weighted by atomic mass is 9.71.